The van der Waals surface area contributed by atoms with E-state index in [9.17, 15) is 4.79 Å². The molecule has 0 aliphatic rings. The van der Waals surface area contributed by atoms with Crippen LogP contribution in [0.2, 0.25) is 0 Å². The van der Waals surface area contributed by atoms with Gasteiger partial charge in [0, 0.05) is 25.5 Å². The van der Waals surface area contributed by atoms with Crippen LogP contribution in [0.4, 0.5) is 11.4 Å². The maximum atomic E-state index is 12.5. The van der Waals surface area contributed by atoms with Gasteiger partial charge in [0.1, 0.15) is 5.69 Å². The molecule has 0 fully saturated rings. The summed E-state index contributed by atoms with van der Waals surface area (Å²) in [5, 5.41) is 8.91. The summed E-state index contributed by atoms with van der Waals surface area (Å²) in [6.07, 6.45) is 1.74. The Morgan fingerprint density at radius 3 is 2.85 bits per heavy atom. The number of aryl methyl sites for hydroxylation is 1. The molecule has 20 heavy (non-hydrogen) atoms. The summed E-state index contributed by atoms with van der Waals surface area (Å²) in [7, 11) is 1.68. The zero-order valence-corrected chi connectivity index (χ0v) is 11.5. The molecule has 2 rings (SSSR count). The summed E-state index contributed by atoms with van der Waals surface area (Å²) in [5.74, 6) is -0.154. The van der Waals surface area contributed by atoms with Gasteiger partial charge < -0.3 is 15.2 Å². The number of amides is 1. The lowest BCUT2D eigenvalue weighted by molar-refractivity contribution is 0.0984. The Morgan fingerprint density at radius 2 is 2.20 bits per heavy atom. The van der Waals surface area contributed by atoms with Gasteiger partial charge in [0.25, 0.3) is 5.91 Å². The Bertz CT molecular complexity index is 681. The quantitative estimate of drug-likeness (QED) is 0.927. The lowest BCUT2D eigenvalue weighted by Crippen LogP contribution is -2.28. The SMILES string of the molecule is CCn1cc(N)cc1C(=O)N(C)c1cccc(C#N)c1. The van der Waals surface area contributed by atoms with E-state index in [1.54, 1.807) is 43.6 Å². The number of hydrogen-bond donors (Lipinski definition) is 1. The maximum absolute atomic E-state index is 12.5. The third-order valence-electron chi connectivity index (χ3n) is 3.14. The van der Waals surface area contributed by atoms with E-state index >= 15 is 0 Å². The van der Waals surface area contributed by atoms with Crippen molar-refractivity contribution >= 4 is 17.3 Å². The molecule has 0 spiro atoms. The standard InChI is InChI=1S/C15H16N4O/c1-3-19-10-12(17)8-14(19)15(20)18(2)13-6-4-5-11(7-13)9-16/h4-8,10H,3,17H2,1-2H3. The summed E-state index contributed by atoms with van der Waals surface area (Å²) >= 11 is 0. The fraction of sp³-hybridized carbons (Fsp3) is 0.200. The molecule has 0 radical (unpaired) electrons. The fourth-order valence-electron chi connectivity index (χ4n) is 2.05. The number of nitrogen functional groups attached to an aromatic ring is 1. The molecular weight excluding hydrogens is 252 g/mol. The van der Waals surface area contributed by atoms with Crippen LogP contribution in [0.1, 0.15) is 23.0 Å². The zero-order chi connectivity index (χ0) is 14.7. The molecule has 2 N–H and O–H groups in total. The molecule has 0 unspecified atom stereocenters. The molecule has 0 saturated carbocycles. The van der Waals surface area contributed by atoms with Crippen molar-refractivity contribution in [1.82, 2.24) is 4.57 Å². The van der Waals surface area contributed by atoms with Gasteiger partial charge >= 0.3 is 0 Å². The Hall–Kier alpha value is -2.74. The topological polar surface area (TPSA) is 75.0 Å². The van der Waals surface area contributed by atoms with Crippen LogP contribution in [0.5, 0.6) is 0 Å². The molecule has 1 amide bonds. The number of nitrogens with zero attached hydrogens (tertiary/aromatic N) is 3. The Balaban J connectivity index is 2.34. The lowest BCUT2D eigenvalue weighted by atomic mass is 10.2. The highest BCUT2D eigenvalue weighted by Gasteiger charge is 2.18. The van der Waals surface area contributed by atoms with Crippen LogP contribution in [-0.2, 0) is 6.54 Å². The van der Waals surface area contributed by atoms with Gasteiger partial charge in [0.05, 0.1) is 17.3 Å². The third kappa shape index (κ3) is 2.50. The van der Waals surface area contributed by atoms with Crippen LogP contribution in [-0.4, -0.2) is 17.5 Å². The summed E-state index contributed by atoms with van der Waals surface area (Å²) in [4.78, 5) is 14.0. The number of nitriles is 1. The fourth-order valence-corrected chi connectivity index (χ4v) is 2.05. The number of carbonyl (C=O) groups is 1. The van der Waals surface area contributed by atoms with E-state index < -0.39 is 0 Å². The number of rotatable bonds is 3. The van der Waals surface area contributed by atoms with E-state index in [1.807, 2.05) is 11.5 Å². The molecule has 102 valence electrons. The smallest absolute Gasteiger partial charge is 0.274 e. The Kier molecular flexibility index (Phi) is 3.76. The van der Waals surface area contributed by atoms with Crippen LogP contribution in [0, 0.1) is 11.3 Å². The van der Waals surface area contributed by atoms with Crippen molar-refractivity contribution in [2.75, 3.05) is 17.7 Å². The average Bonchev–Trinajstić information content (AvgIpc) is 2.86. The van der Waals surface area contributed by atoms with Gasteiger partial charge in [-0.3, -0.25) is 4.79 Å². The molecule has 0 aliphatic heterocycles. The molecule has 0 bridgehead atoms. The monoisotopic (exact) mass is 268 g/mol. The zero-order valence-electron chi connectivity index (χ0n) is 11.5. The van der Waals surface area contributed by atoms with Crippen molar-refractivity contribution < 1.29 is 4.79 Å². The molecular formula is C15H16N4O. The van der Waals surface area contributed by atoms with E-state index in [0.29, 0.717) is 29.2 Å². The van der Waals surface area contributed by atoms with Crippen molar-refractivity contribution in [3.8, 4) is 6.07 Å². The van der Waals surface area contributed by atoms with E-state index in [2.05, 4.69) is 6.07 Å². The van der Waals surface area contributed by atoms with Crippen molar-refractivity contribution in [2.45, 2.75) is 13.5 Å². The van der Waals surface area contributed by atoms with Crippen molar-refractivity contribution in [1.29, 1.82) is 5.26 Å². The summed E-state index contributed by atoms with van der Waals surface area (Å²) in [6, 6.07) is 10.7. The molecule has 0 atom stereocenters. The first-order chi connectivity index (χ1) is 9.56. The second-order valence-corrected chi connectivity index (χ2v) is 4.47. The molecule has 1 aromatic heterocycles. The van der Waals surface area contributed by atoms with Crippen molar-refractivity contribution in [3.05, 3.63) is 47.8 Å². The predicted octanol–water partition coefficient (Wildman–Crippen LogP) is 2.24. The van der Waals surface area contributed by atoms with E-state index in [1.165, 1.54) is 4.90 Å². The predicted molar refractivity (Wildman–Crippen MR) is 78.4 cm³/mol. The van der Waals surface area contributed by atoms with Gasteiger partial charge in [0.15, 0.2) is 0 Å². The lowest BCUT2D eigenvalue weighted by Gasteiger charge is -2.18. The van der Waals surface area contributed by atoms with Gasteiger partial charge in [-0.15, -0.1) is 0 Å². The molecule has 1 aromatic carbocycles. The number of carbonyl (C=O) groups excluding carboxylic acids is 1. The van der Waals surface area contributed by atoms with Crippen molar-refractivity contribution in [2.24, 2.45) is 0 Å². The number of aromatic nitrogens is 1. The van der Waals surface area contributed by atoms with E-state index in [4.69, 9.17) is 11.0 Å². The van der Waals surface area contributed by atoms with E-state index in [-0.39, 0.29) is 5.91 Å². The number of nitrogens with two attached hydrogens (primary N) is 1. The number of benzene rings is 1. The summed E-state index contributed by atoms with van der Waals surface area (Å²) < 4.78 is 1.81. The minimum atomic E-state index is -0.154. The van der Waals surface area contributed by atoms with Gasteiger partial charge in [-0.05, 0) is 31.2 Å². The number of anilines is 2. The minimum Gasteiger partial charge on any atom is -0.397 e. The molecule has 5 heteroatoms. The molecule has 5 nitrogen and oxygen atoms in total. The third-order valence-corrected chi connectivity index (χ3v) is 3.14. The van der Waals surface area contributed by atoms with Gasteiger partial charge in [-0.2, -0.15) is 5.26 Å². The van der Waals surface area contributed by atoms with Crippen LogP contribution >= 0.6 is 0 Å². The largest absolute Gasteiger partial charge is 0.397 e. The molecule has 1 heterocycles. The van der Waals surface area contributed by atoms with Crippen molar-refractivity contribution in [3.63, 3.8) is 0 Å². The van der Waals surface area contributed by atoms with Crippen LogP contribution in [0.3, 0.4) is 0 Å². The minimum absolute atomic E-state index is 0.154. The summed E-state index contributed by atoms with van der Waals surface area (Å²) in [6.45, 7) is 2.62. The Labute approximate surface area is 117 Å². The van der Waals surface area contributed by atoms with Gasteiger partial charge in [-0.1, -0.05) is 6.07 Å². The van der Waals surface area contributed by atoms with E-state index in [0.717, 1.165) is 0 Å². The van der Waals surface area contributed by atoms with Crippen LogP contribution in [0.15, 0.2) is 36.5 Å². The first-order valence-electron chi connectivity index (χ1n) is 6.30. The highest BCUT2D eigenvalue weighted by molar-refractivity contribution is 6.05. The molecule has 0 aliphatic carbocycles. The van der Waals surface area contributed by atoms with Gasteiger partial charge in [0.2, 0.25) is 0 Å². The molecule has 0 saturated heterocycles. The van der Waals surface area contributed by atoms with Crippen LogP contribution in [0.25, 0.3) is 0 Å². The highest BCUT2D eigenvalue weighted by atomic mass is 16.2. The average molecular weight is 268 g/mol. The molecule has 2 aromatic rings. The maximum Gasteiger partial charge on any atom is 0.274 e. The number of hydrogen-bond acceptors (Lipinski definition) is 3. The second kappa shape index (κ2) is 5.49. The first-order valence-corrected chi connectivity index (χ1v) is 6.30. The second-order valence-electron chi connectivity index (χ2n) is 4.47. The first kappa shape index (κ1) is 13.7. The van der Waals surface area contributed by atoms with Gasteiger partial charge in [-0.25, -0.2) is 0 Å². The summed E-state index contributed by atoms with van der Waals surface area (Å²) in [5.41, 5.74) is 8.04. The normalized spacial score (nSPS) is 10.1. The highest BCUT2D eigenvalue weighted by Crippen LogP contribution is 2.19. The van der Waals surface area contributed by atoms with Crippen LogP contribution < -0.4 is 10.6 Å². The Morgan fingerprint density at radius 1 is 1.45 bits per heavy atom.